The van der Waals surface area contributed by atoms with Gasteiger partial charge in [-0.2, -0.15) is 5.10 Å². The lowest BCUT2D eigenvalue weighted by molar-refractivity contribution is 0.116. The second kappa shape index (κ2) is 4.26. The maximum atomic E-state index is 9.80. The smallest absolute Gasteiger partial charge is 0.0785 e. The average Bonchev–Trinajstić information content (AvgIpc) is 3.19. The molecule has 1 heterocycles. The van der Waals surface area contributed by atoms with E-state index in [0.29, 0.717) is 23.5 Å². The van der Waals surface area contributed by atoms with Crippen molar-refractivity contribution in [3.63, 3.8) is 0 Å². The van der Waals surface area contributed by atoms with E-state index in [0.717, 1.165) is 0 Å². The maximum Gasteiger partial charge on any atom is 0.0785 e. The van der Waals surface area contributed by atoms with E-state index in [4.69, 9.17) is 11.6 Å². The van der Waals surface area contributed by atoms with Crippen molar-refractivity contribution in [1.29, 1.82) is 0 Å². The Kier molecular flexibility index (Phi) is 2.89. The van der Waals surface area contributed by atoms with Gasteiger partial charge in [0.25, 0.3) is 0 Å². The highest BCUT2D eigenvalue weighted by molar-refractivity contribution is 6.30. The minimum atomic E-state index is -0.198. The maximum absolute atomic E-state index is 9.80. The number of aliphatic hydroxyl groups excluding tert-OH is 1. The second-order valence-electron chi connectivity index (χ2n) is 5.36. The average molecular weight is 256 g/mol. The molecule has 4 nitrogen and oxygen atoms in total. The third-order valence-corrected chi connectivity index (χ3v) is 3.95. The number of aromatic nitrogens is 2. The molecule has 0 aromatic carbocycles. The number of aliphatic hydroxyl groups is 1. The fraction of sp³-hybridized carbons (Fsp3) is 0.750. The third kappa shape index (κ3) is 2.49. The Hall–Kier alpha value is -0.580. The SMILES string of the molecule is OCC(Cn1cc(Cl)cn1)(NC1CC1)C1CC1. The van der Waals surface area contributed by atoms with Gasteiger partial charge in [0, 0.05) is 12.2 Å². The van der Waals surface area contributed by atoms with Gasteiger partial charge in [-0.3, -0.25) is 4.68 Å². The molecule has 0 radical (unpaired) electrons. The Labute approximate surface area is 106 Å². The Balaban J connectivity index is 1.76. The summed E-state index contributed by atoms with van der Waals surface area (Å²) in [5.74, 6) is 0.580. The molecule has 2 aliphatic rings. The Bertz CT molecular complexity index is 400. The van der Waals surface area contributed by atoms with Crippen LogP contribution in [0.5, 0.6) is 0 Å². The van der Waals surface area contributed by atoms with E-state index < -0.39 is 0 Å². The van der Waals surface area contributed by atoms with Gasteiger partial charge < -0.3 is 10.4 Å². The summed E-state index contributed by atoms with van der Waals surface area (Å²) >= 11 is 5.88. The van der Waals surface area contributed by atoms with E-state index in [1.165, 1.54) is 25.7 Å². The van der Waals surface area contributed by atoms with Crippen LogP contribution in [0.4, 0.5) is 0 Å². The van der Waals surface area contributed by atoms with Gasteiger partial charge >= 0.3 is 0 Å². The summed E-state index contributed by atoms with van der Waals surface area (Å²) in [4.78, 5) is 0. The van der Waals surface area contributed by atoms with E-state index >= 15 is 0 Å². The lowest BCUT2D eigenvalue weighted by Crippen LogP contribution is -2.54. The van der Waals surface area contributed by atoms with E-state index in [1.54, 1.807) is 6.20 Å². The standard InChI is InChI=1S/C12H18ClN3O/c13-10-5-14-16(6-10)7-12(8-17,9-1-2-9)15-11-3-4-11/h5-6,9,11,15,17H,1-4,7-8H2. The molecule has 0 spiro atoms. The van der Waals surface area contributed by atoms with E-state index in [-0.39, 0.29) is 12.1 Å². The molecule has 0 saturated heterocycles. The Morgan fingerprint density at radius 3 is 2.71 bits per heavy atom. The number of hydrogen-bond donors (Lipinski definition) is 2. The minimum absolute atomic E-state index is 0.172. The van der Waals surface area contributed by atoms with Crippen LogP contribution in [0.3, 0.4) is 0 Å². The van der Waals surface area contributed by atoms with Crippen LogP contribution in [0.25, 0.3) is 0 Å². The van der Waals surface area contributed by atoms with Gasteiger partial charge in [0.15, 0.2) is 0 Å². The van der Waals surface area contributed by atoms with Crippen molar-refractivity contribution >= 4 is 11.6 Å². The number of hydrogen-bond acceptors (Lipinski definition) is 3. The molecule has 3 rings (SSSR count). The number of nitrogens with one attached hydrogen (secondary N) is 1. The zero-order valence-corrected chi connectivity index (χ0v) is 10.5. The summed E-state index contributed by atoms with van der Waals surface area (Å²) in [5, 5.41) is 18.3. The molecule has 1 atom stereocenters. The predicted octanol–water partition coefficient (Wildman–Crippen LogP) is 1.43. The highest BCUT2D eigenvalue weighted by Gasteiger charge is 2.47. The number of rotatable bonds is 6. The quantitative estimate of drug-likeness (QED) is 0.809. The lowest BCUT2D eigenvalue weighted by Gasteiger charge is -2.33. The van der Waals surface area contributed by atoms with Crippen LogP contribution in [0.2, 0.25) is 5.02 Å². The normalized spacial score (nSPS) is 23.6. The molecule has 17 heavy (non-hydrogen) atoms. The first kappa shape index (κ1) is 11.5. The lowest BCUT2D eigenvalue weighted by atomic mass is 9.93. The van der Waals surface area contributed by atoms with E-state index in [1.807, 2.05) is 10.9 Å². The summed E-state index contributed by atoms with van der Waals surface area (Å²) in [6, 6.07) is 0.591. The first-order chi connectivity index (χ1) is 8.22. The van der Waals surface area contributed by atoms with Gasteiger partial charge in [-0.15, -0.1) is 0 Å². The Morgan fingerprint density at radius 1 is 1.47 bits per heavy atom. The molecule has 2 saturated carbocycles. The Morgan fingerprint density at radius 2 is 2.24 bits per heavy atom. The fourth-order valence-electron chi connectivity index (χ4n) is 2.50. The van der Waals surface area contributed by atoms with Gasteiger partial charge in [0.05, 0.1) is 29.9 Å². The van der Waals surface area contributed by atoms with Crippen molar-refractivity contribution < 1.29 is 5.11 Å². The monoisotopic (exact) mass is 255 g/mol. The first-order valence-corrected chi connectivity index (χ1v) is 6.66. The van der Waals surface area contributed by atoms with E-state index in [2.05, 4.69) is 10.4 Å². The summed E-state index contributed by atoms with van der Waals surface area (Å²) < 4.78 is 1.84. The van der Waals surface area contributed by atoms with Crippen LogP contribution in [0, 0.1) is 5.92 Å². The highest BCUT2D eigenvalue weighted by Crippen LogP contribution is 2.42. The van der Waals surface area contributed by atoms with Crippen LogP contribution in [0.15, 0.2) is 12.4 Å². The molecule has 1 aromatic heterocycles. The third-order valence-electron chi connectivity index (χ3n) is 3.76. The van der Waals surface area contributed by atoms with Crippen molar-refractivity contribution in [2.45, 2.75) is 43.8 Å². The number of halogens is 1. The molecule has 2 aliphatic carbocycles. The van der Waals surface area contributed by atoms with E-state index in [9.17, 15) is 5.11 Å². The molecule has 94 valence electrons. The van der Waals surface area contributed by atoms with Gasteiger partial charge in [-0.05, 0) is 31.6 Å². The van der Waals surface area contributed by atoms with Crippen LogP contribution < -0.4 is 5.32 Å². The molecule has 0 amide bonds. The predicted molar refractivity (Wildman–Crippen MR) is 65.9 cm³/mol. The van der Waals surface area contributed by atoms with Crippen LogP contribution in [-0.2, 0) is 6.54 Å². The number of nitrogens with zero attached hydrogens (tertiary/aromatic N) is 2. The molecule has 1 unspecified atom stereocenters. The van der Waals surface area contributed by atoms with Crippen molar-refractivity contribution in [2.75, 3.05) is 6.61 Å². The summed E-state index contributed by atoms with van der Waals surface area (Å²) in [6.45, 7) is 0.878. The molecule has 5 heteroatoms. The molecular formula is C12H18ClN3O. The molecule has 1 aromatic rings. The summed E-state index contributed by atoms with van der Waals surface area (Å²) in [7, 11) is 0. The largest absolute Gasteiger partial charge is 0.394 e. The molecule has 0 bridgehead atoms. The van der Waals surface area contributed by atoms with Crippen molar-refractivity contribution in [1.82, 2.24) is 15.1 Å². The second-order valence-corrected chi connectivity index (χ2v) is 5.80. The van der Waals surface area contributed by atoms with Crippen molar-refractivity contribution in [3.8, 4) is 0 Å². The first-order valence-electron chi connectivity index (χ1n) is 6.28. The summed E-state index contributed by atoms with van der Waals surface area (Å²) in [5.41, 5.74) is -0.198. The zero-order chi connectivity index (χ0) is 11.9. The van der Waals surface area contributed by atoms with Crippen molar-refractivity contribution in [3.05, 3.63) is 17.4 Å². The van der Waals surface area contributed by atoms with Gasteiger partial charge in [0.2, 0.25) is 0 Å². The van der Waals surface area contributed by atoms with Gasteiger partial charge in [0.1, 0.15) is 0 Å². The molecule has 2 N–H and O–H groups in total. The van der Waals surface area contributed by atoms with Crippen LogP contribution >= 0.6 is 11.6 Å². The van der Waals surface area contributed by atoms with Gasteiger partial charge in [-0.1, -0.05) is 11.6 Å². The molecule has 2 fully saturated rings. The van der Waals surface area contributed by atoms with Crippen LogP contribution in [-0.4, -0.2) is 33.1 Å². The molecule has 0 aliphatic heterocycles. The zero-order valence-electron chi connectivity index (χ0n) is 9.77. The van der Waals surface area contributed by atoms with Gasteiger partial charge in [-0.25, -0.2) is 0 Å². The minimum Gasteiger partial charge on any atom is -0.394 e. The highest BCUT2D eigenvalue weighted by atomic mass is 35.5. The topological polar surface area (TPSA) is 50.1 Å². The summed E-state index contributed by atoms with van der Waals surface area (Å²) in [6.07, 6.45) is 8.34. The fourth-order valence-corrected chi connectivity index (χ4v) is 2.66. The van der Waals surface area contributed by atoms with Crippen LogP contribution in [0.1, 0.15) is 25.7 Å². The molecular weight excluding hydrogens is 238 g/mol. The van der Waals surface area contributed by atoms with Crippen molar-refractivity contribution in [2.24, 2.45) is 5.92 Å².